The average Bonchev–Trinajstić information content (AvgIpc) is 3.08. The molecule has 0 aromatic carbocycles. The number of carbonyl (C=O) groups excluding carboxylic acids is 2. The van der Waals surface area contributed by atoms with Gasteiger partial charge in [0.1, 0.15) is 4.93 Å². The second kappa shape index (κ2) is 6.91. The first-order chi connectivity index (χ1) is 12.5. The van der Waals surface area contributed by atoms with E-state index in [1.165, 1.54) is 16.7 Å². The maximum absolute atomic E-state index is 12.4. The number of rotatable bonds is 5. The summed E-state index contributed by atoms with van der Waals surface area (Å²) >= 11 is 1.12. The zero-order valence-corrected chi connectivity index (χ0v) is 16.6. The first-order valence-electron chi connectivity index (χ1n) is 9.08. The fraction of sp³-hybridized carbons (Fsp3) is 0.824. The smallest absolute Gasteiger partial charge is 0.330 e. The number of amides is 2. The van der Waals surface area contributed by atoms with Crippen LogP contribution in [0.25, 0.3) is 0 Å². The molecule has 3 fully saturated rings. The molecule has 10 heteroatoms. The highest BCUT2D eigenvalue weighted by Gasteiger charge is 2.71. The number of aliphatic hydroxyl groups excluding tert-OH is 1. The summed E-state index contributed by atoms with van der Waals surface area (Å²) in [4.78, 5) is 37.5. The van der Waals surface area contributed by atoms with Gasteiger partial charge in [0.05, 0.1) is 24.1 Å². The van der Waals surface area contributed by atoms with E-state index in [9.17, 15) is 29.7 Å². The van der Waals surface area contributed by atoms with Gasteiger partial charge in [0, 0.05) is 31.8 Å². The third-order valence-corrected chi connectivity index (χ3v) is 7.67. The van der Waals surface area contributed by atoms with E-state index in [-0.39, 0.29) is 17.2 Å². The molecule has 3 aliphatic heterocycles. The van der Waals surface area contributed by atoms with Crippen LogP contribution in [0.2, 0.25) is 0 Å². The molecule has 3 heterocycles. The SMILES string of the molecule is C[C@@H]1[C@@H]2[C@@H]([C@@H](C)O)C(=O)N2C(C(=O)O)C1(O)S[C@@H]1CN[C@H](C(=O)N(C)C)C1. The van der Waals surface area contributed by atoms with Crippen LogP contribution in [0.5, 0.6) is 0 Å². The number of likely N-dealkylation sites (N-methyl/N-ethyl adjacent to an activating group) is 1. The predicted octanol–water partition coefficient (Wildman–Crippen LogP) is -1.46. The Balaban J connectivity index is 1.80. The summed E-state index contributed by atoms with van der Waals surface area (Å²) in [5, 5.41) is 33.9. The molecule has 27 heavy (non-hydrogen) atoms. The Labute approximate surface area is 162 Å². The Morgan fingerprint density at radius 2 is 2.04 bits per heavy atom. The van der Waals surface area contributed by atoms with Crippen molar-refractivity contribution in [3.8, 4) is 0 Å². The minimum atomic E-state index is -1.68. The second-order valence-electron chi connectivity index (χ2n) is 7.95. The van der Waals surface area contributed by atoms with Gasteiger partial charge in [-0.2, -0.15) is 0 Å². The summed E-state index contributed by atoms with van der Waals surface area (Å²) < 4.78 is 0. The Kier molecular flexibility index (Phi) is 5.21. The quantitative estimate of drug-likeness (QED) is 0.325. The summed E-state index contributed by atoms with van der Waals surface area (Å²) in [5.41, 5.74) is 0. The molecule has 3 aliphatic rings. The van der Waals surface area contributed by atoms with Crippen LogP contribution in [-0.4, -0.2) is 98.0 Å². The van der Waals surface area contributed by atoms with Gasteiger partial charge in [-0.25, -0.2) is 4.79 Å². The summed E-state index contributed by atoms with van der Waals surface area (Å²) in [6.07, 6.45) is -0.431. The molecular weight excluding hydrogens is 374 g/mol. The van der Waals surface area contributed by atoms with Crippen LogP contribution in [0.1, 0.15) is 20.3 Å². The van der Waals surface area contributed by atoms with Gasteiger partial charge in [-0.1, -0.05) is 6.92 Å². The Morgan fingerprint density at radius 1 is 1.41 bits per heavy atom. The Morgan fingerprint density at radius 3 is 2.56 bits per heavy atom. The Bertz CT molecular complexity index is 659. The third kappa shape index (κ3) is 3.02. The van der Waals surface area contributed by atoms with Crippen molar-refractivity contribution in [1.29, 1.82) is 0 Å². The predicted molar refractivity (Wildman–Crippen MR) is 97.8 cm³/mol. The van der Waals surface area contributed by atoms with Crippen LogP contribution in [-0.2, 0) is 14.4 Å². The zero-order valence-electron chi connectivity index (χ0n) is 15.8. The van der Waals surface area contributed by atoms with Crippen LogP contribution in [0, 0.1) is 11.8 Å². The van der Waals surface area contributed by atoms with E-state index in [0.717, 1.165) is 11.8 Å². The number of β-lactam (4-membered cyclic amide) rings is 1. The fourth-order valence-corrected chi connectivity index (χ4v) is 6.32. The standard InChI is InChI=1S/C17H27N3O6S/c1-7-12-11(8(2)21)15(23)20(12)13(16(24)25)17(7,26)27-9-5-10(18-6-9)14(22)19(3)4/h7-13,18,21,26H,5-6H2,1-4H3,(H,24,25)/t7-,8-,9+,10+,11-,12-,13?,17?/m1/s1. The number of nitrogens with one attached hydrogen (secondary N) is 1. The van der Waals surface area contributed by atoms with Crippen molar-refractivity contribution in [2.45, 2.75) is 54.7 Å². The number of thioether (sulfide) groups is 1. The van der Waals surface area contributed by atoms with Gasteiger partial charge in [-0.3, -0.25) is 9.59 Å². The number of carboxylic acid groups (broad SMARTS) is 1. The van der Waals surface area contributed by atoms with Crippen molar-refractivity contribution >= 4 is 29.5 Å². The van der Waals surface area contributed by atoms with Crippen LogP contribution in [0.15, 0.2) is 0 Å². The molecule has 0 spiro atoms. The minimum absolute atomic E-state index is 0.0625. The van der Waals surface area contributed by atoms with Crippen LogP contribution >= 0.6 is 11.8 Å². The van der Waals surface area contributed by atoms with Crippen molar-refractivity contribution in [2.24, 2.45) is 11.8 Å². The topological polar surface area (TPSA) is 130 Å². The first-order valence-corrected chi connectivity index (χ1v) is 9.96. The van der Waals surface area contributed by atoms with E-state index in [1.54, 1.807) is 21.0 Å². The monoisotopic (exact) mass is 401 g/mol. The van der Waals surface area contributed by atoms with Crippen LogP contribution in [0.3, 0.4) is 0 Å². The van der Waals surface area contributed by atoms with E-state index < -0.39 is 46.8 Å². The van der Waals surface area contributed by atoms with E-state index in [0.29, 0.717) is 13.0 Å². The van der Waals surface area contributed by atoms with E-state index in [1.807, 2.05) is 0 Å². The van der Waals surface area contributed by atoms with Gasteiger partial charge in [-0.15, -0.1) is 11.8 Å². The normalized spacial score (nSPS) is 41.9. The molecule has 0 radical (unpaired) electrons. The highest BCUT2D eigenvalue weighted by atomic mass is 32.2. The molecule has 0 bridgehead atoms. The molecule has 9 nitrogen and oxygen atoms in total. The average molecular weight is 401 g/mol. The maximum atomic E-state index is 12.4. The van der Waals surface area contributed by atoms with Gasteiger partial charge in [-0.05, 0) is 13.3 Å². The largest absolute Gasteiger partial charge is 0.480 e. The molecule has 0 saturated carbocycles. The number of carbonyl (C=O) groups is 3. The van der Waals surface area contributed by atoms with Crippen molar-refractivity contribution < 1.29 is 29.7 Å². The summed E-state index contributed by atoms with van der Waals surface area (Å²) in [6.45, 7) is 3.69. The summed E-state index contributed by atoms with van der Waals surface area (Å²) in [6, 6.07) is -2.25. The number of nitrogens with zero attached hydrogens (tertiary/aromatic N) is 2. The highest BCUT2D eigenvalue weighted by molar-refractivity contribution is 8.01. The molecule has 0 aromatic heterocycles. The number of fused-ring (bicyclic) bond motifs is 1. The molecule has 3 saturated heterocycles. The first kappa shape index (κ1) is 20.4. The van der Waals surface area contributed by atoms with E-state index in [2.05, 4.69) is 5.32 Å². The lowest BCUT2D eigenvalue weighted by atomic mass is 9.79. The molecule has 0 aliphatic carbocycles. The van der Waals surface area contributed by atoms with Crippen LogP contribution in [0.4, 0.5) is 0 Å². The lowest BCUT2D eigenvalue weighted by molar-refractivity contribution is -0.172. The zero-order chi connectivity index (χ0) is 20.3. The van der Waals surface area contributed by atoms with Crippen molar-refractivity contribution in [3.05, 3.63) is 0 Å². The number of aliphatic carboxylic acids is 1. The van der Waals surface area contributed by atoms with Crippen molar-refractivity contribution in [2.75, 3.05) is 20.6 Å². The van der Waals surface area contributed by atoms with Gasteiger partial charge < -0.3 is 30.4 Å². The van der Waals surface area contributed by atoms with Gasteiger partial charge in [0.15, 0.2) is 6.04 Å². The van der Waals surface area contributed by atoms with Crippen molar-refractivity contribution in [1.82, 2.24) is 15.1 Å². The van der Waals surface area contributed by atoms with E-state index >= 15 is 0 Å². The number of carboxylic acids is 1. The fourth-order valence-electron chi connectivity index (χ4n) is 4.62. The molecule has 8 atom stereocenters. The molecule has 152 valence electrons. The molecule has 2 unspecified atom stereocenters. The van der Waals surface area contributed by atoms with Gasteiger partial charge >= 0.3 is 5.97 Å². The highest BCUT2D eigenvalue weighted by Crippen LogP contribution is 2.55. The molecule has 0 aromatic rings. The second-order valence-corrected chi connectivity index (χ2v) is 9.51. The van der Waals surface area contributed by atoms with Gasteiger partial charge in [0.2, 0.25) is 11.8 Å². The number of hydrogen-bond donors (Lipinski definition) is 4. The summed E-state index contributed by atoms with van der Waals surface area (Å²) in [5.74, 6) is -2.97. The van der Waals surface area contributed by atoms with Crippen LogP contribution < -0.4 is 5.32 Å². The third-order valence-electron chi connectivity index (χ3n) is 6.00. The molecule has 3 rings (SSSR count). The Hall–Kier alpha value is -1.36. The van der Waals surface area contributed by atoms with Gasteiger partial charge in [0.25, 0.3) is 0 Å². The lowest BCUT2D eigenvalue weighted by Crippen LogP contribution is -2.66. The lowest BCUT2D eigenvalue weighted by Gasteiger charge is -2.46. The van der Waals surface area contributed by atoms with E-state index in [4.69, 9.17) is 0 Å². The molecule has 4 N–H and O–H groups in total. The number of hydrogen-bond acceptors (Lipinski definition) is 7. The minimum Gasteiger partial charge on any atom is -0.480 e. The maximum Gasteiger partial charge on any atom is 0.330 e. The molecule has 2 amide bonds. The number of aliphatic hydroxyl groups is 2. The molecular formula is C17H27N3O6S. The summed E-state index contributed by atoms with van der Waals surface area (Å²) in [7, 11) is 3.34. The van der Waals surface area contributed by atoms with Crippen molar-refractivity contribution in [3.63, 3.8) is 0 Å².